The lowest BCUT2D eigenvalue weighted by Crippen LogP contribution is -2.44. The van der Waals surface area contributed by atoms with E-state index in [0.717, 1.165) is 32.7 Å². The lowest BCUT2D eigenvalue weighted by molar-refractivity contribution is 0.162. The highest BCUT2D eigenvalue weighted by Gasteiger charge is 2.18. The van der Waals surface area contributed by atoms with Gasteiger partial charge in [0.2, 0.25) is 0 Å². The van der Waals surface area contributed by atoms with E-state index < -0.39 is 9.84 Å². The number of aromatic nitrogens is 2. The molecule has 0 bridgehead atoms. The quantitative estimate of drug-likeness (QED) is 0.491. The number of hydrogen-bond donors (Lipinski definition) is 2. The Morgan fingerprint density at radius 1 is 1.20 bits per heavy atom. The molecule has 1 aromatic carbocycles. The number of pyridine rings is 1. The molecule has 184 valence electrons. The zero-order valence-corrected chi connectivity index (χ0v) is 20.9. The third-order valence-electron chi connectivity index (χ3n) is 6.32. The van der Waals surface area contributed by atoms with E-state index in [0.29, 0.717) is 33.6 Å². The van der Waals surface area contributed by atoms with Gasteiger partial charge in [-0.3, -0.25) is 9.88 Å². The van der Waals surface area contributed by atoms with E-state index in [1.165, 1.54) is 18.7 Å². The first-order valence-corrected chi connectivity index (χ1v) is 13.5. The van der Waals surface area contributed by atoms with Gasteiger partial charge in [-0.05, 0) is 55.4 Å². The number of sulfone groups is 1. The first kappa shape index (κ1) is 24.8. The lowest BCUT2D eigenvalue weighted by Gasteiger charge is -2.34. The molecule has 0 unspecified atom stereocenters. The SMILES string of the molecule is CC(C)CCN1CCN(C=CCS(=O)(=O)c2ccc(-c3c(O)[nH]c4ccc(C#N)cc34)nc2)CC1. The second-order valence-corrected chi connectivity index (χ2v) is 11.4. The Hall–Kier alpha value is -3.35. The minimum Gasteiger partial charge on any atom is -0.494 e. The second-order valence-electron chi connectivity index (χ2n) is 9.33. The number of aromatic amines is 1. The van der Waals surface area contributed by atoms with Crippen LogP contribution in [0.25, 0.3) is 22.2 Å². The van der Waals surface area contributed by atoms with Crippen molar-refractivity contribution in [1.29, 1.82) is 5.26 Å². The number of nitriles is 1. The number of aromatic hydroxyl groups is 1. The molecular weight excluding hydrogens is 462 g/mol. The average molecular weight is 494 g/mol. The van der Waals surface area contributed by atoms with Crippen molar-refractivity contribution in [3.05, 3.63) is 54.4 Å². The Kier molecular flexibility index (Phi) is 7.43. The number of rotatable bonds is 8. The van der Waals surface area contributed by atoms with Crippen LogP contribution in [0.15, 0.2) is 53.7 Å². The third kappa shape index (κ3) is 5.84. The number of nitrogens with zero attached hydrogens (tertiary/aromatic N) is 4. The summed E-state index contributed by atoms with van der Waals surface area (Å²) in [4.78, 5) is 11.9. The maximum absolute atomic E-state index is 12.8. The van der Waals surface area contributed by atoms with Crippen molar-refractivity contribution < 1.29 is 13.5 Å². The molecule has 3 heterocycles. The molecule has 0 spiro atoms. The molecule has 1 saturated heterocycles. The van der Waals surface area contributed by atoms with Crippen LogP contribution in [0.5, 0.6) is 5.88 Å². The van der Waals surface area contributed by atoms with Crippen molar-refractivity contribution in [2.75, 3.05) is 38.5 Å². The van der Waals surface area contributed by atoms with Crippen LogP contribution in [0.4, 0.5) is 0 Å². The van der Waals surface area contributed by atoms with Crippen molar-refractivity contribution in [1.82, 2.24) is 19.8 Å². The molecule has 3 aromatic rings. The Morgan fingerprint density at radius 3 is 2.63 bits per heavy atom. The molecule has 4 rings (SSSR count). The van der Waals surface area contributed by atoms with Gasteiger partial charge in [0.15, 0.2) is 15.7 Å². The van der Waals surface area contributed by atoms with Gasteiger partial charge in [0.25, 0.3) is 0 Å². The van der Waals surface area contributed by atoms with Crippen LogP contribution in [-0.4, -0.2) is 71.8 Å². The highest BCUT2D eigenvalue weighted by molar-refractivity contribution is 7.91. The van der Waals surface area contributed by atoms with Gasteiger partial charge in [-0.2, -0.15) is 5.26 Å². The number of hydrogen-bond acceptors (Lipinski definition) is 7. The molecule has 2 aromatic heterocycles. The number of nitrogens with one attached hydrogen (secondary N) is 1. The monoisotopic (exact) mass is 493 g/mol. The van der Waals surface area contributed by atoms with Gasteiger partial charge in [-0.25, -0.2) is 8.42 Å². The van der Waals surface area contributed by atoms with E-state index in [4.69, 9.17) is 0 Å². The summed E-state index contributed by atoms with van der Waals surface area (Å²) in [7, 11) is -3.54. The smallest absolute Gasteiger partial charge is 0.199 e. The molecule has 2 N–H and O–H groups in total. The molecule has 1 fully saturated rings. The van der Waals surface area contributed by atoms with Crippen LogP contribution >= 0.6 is 0 Å². The van der Waals surface area contributed by atoms with E-state index in [1.54, 1.807) is 30.3 Å². The summed E-state index contributed by atoms with van der Waals surface area (Å²) in [5, 5.41) is 20.2. The van der Waals surface area contributed by atoms with Crippen LogP contribution < -0.4 is 0 Å². The van der Waals surface area contributed by atoms with Gasteiger partial charge in [0, 0.05) is 43.3 Å². The van der Waals surface area contributed by atoms with Crippen molar-refractivity contribution in [2.45, 2.75) is 25.2 Å². The first-order chi connectivity index (χ1) is 16.8. The summed E-state index contributed by atoms with van der Waals surface area (Å²) in [5.41, 5.74) is 1.99. The summed E-state index contributed by atoms with van der Waals surface area (Å²) in [6, 6.07) is 10.2. The topological polar surface area (TPSA) is 113 Å². The van der Waals surface area contributed by atoms with Gasteiger partial charge in [0.1, 0.15) is 0 Å². The molecule has 0 radical (unpaired) electrons. The normalized spacial score (nSPS) is 15.3. The fourth-order valence-electron chi connectivity index (χ4n) is 4.21. The van der Waals surface area contributed by atoms with E-state index in [-0.39, 0.29) is 16.5 Å². The number of H-pyrrole nitrogens is 1. The molecule has 0 amide bonds. The lowest BCUT2D eigenvalue weighted by atomic mass is 10.1. The molecule has 1 aliphatic heterocycles. The van der Waals surface area contributed by atoms with Crippen LogP contribution in [0.1, 0.15) is 25.8 Å². The van der Waals surface area contributed by atoms with Crippen LogP contribution in [0.2, 0.25) is 0 Å². The molecule has 1 aliphatic rings. The molecule has 35 heavy (non-hydrogen) atoms. The Morgan fingerprint density at radius 2 is 1.97 bits per heavy atom. The van der Waals surface area contributed by atoms with Crippen molar-refractivity contribution in [2.24, 2.45) is 5.92 Å². The predicted molar refractivity (Wildman–Crippen MR) is 137 cm³/mol. The maximum atomic E-state index is 12.8. The summed E-state index contributed by atoms with van der Waals surface area (Å²) in [6.07, 6.45) is 6.10. The molecule has 0 atom stereocenters. The summed E-state index contributed by atoms with van der Waals surface area (Å²) >= 11 is 0. The zero-order chi connectivity index (χ0) is 25.0. The Labute approximate surface area is 206 Å². The zero-order valence-electron chi connectivity index (χ0n) is 20.1. The average Bonchev–Trinajstić information content (AvgIpc) is 3.18. The first-order valence-electron chi connectivity index (χ1n) is 11.8. The predicted octanol–water partition coefficient (Wildman–Crippen LogP) is 3.76. The van der Waals surface area contributed by atoms with E-state index in [1.807, 2.05) is 6.20 Å². The minimum absolute atomic E-state index is 0.0783. The highest BCUT2D eigenvalue weighted by Crippen LogP contribution is 2.36. The summed E-state index contributed by atoms with van der Waals surface area (Å²) < 4.78 is 25.7. The molecular formula is C26H31N5O3S. The maximum Gasteiger partial charge on any atom is 0.199 e. The van der Waals surface area contributed by atoms with E-state index >= 15 is 0 Å². The van der Waals surface area contributed by atoms with E-state index in [9.17, 15) is 18.8 Å². The van der Waals surface area contributed by atoms with E-state index in [2.05, 4.69) is 39.7 Å². The van der Waals surface area contributed by atoms with Gasteiger partial charge >= 0.3 is 0 Å². The third-order valence-corrected chi connectivity index (χ3v) is 7.91. The standard InChI is InChI=1S/C26H31N5O3S/c1-19(2)8-10-31-13-11-30(12-14-31)9-3-15-35(33,34)21-5-7-24(28-18-21)25-22-16-20(17-27)4-6-23(22)29-26(25)32/h3-7,9,16,18-19,29,32H,8,10-15H2,1-2H3. The molecule has 0 aliphatic carbocycles. The summed E-state index contributed by atoms with van der Waals surface area (Å²) in [5.74, 6) is 0.516. The van der Waals surface area contributed by atoms with Gasteiger partial charge in [0.05, 0.1) is 33.5 Å². The Bertz CT molecular complexity index is 1350. The largest absolute Gasteiger partial charge is 0.494 e. The van der Waals surface area contributed by atoms with Gasteiger partial charge < -0.3 is 15.0 Å². The number of fused-ring (bicyclic) bond motifs is 1. The van der Waals surface area contributed by atoms with Crippen molar-refractivity contribution >= 4 is 20.7 Å². The van der Waals surface area contributed by atoms with Crippen LogP contribution in [0.3, 0.4) is 0 Å². The van der Waals surface area contributed by atoms with Crippen LogP contribution in [-0.2, 0) is 9.84 Å². The van der Waals surface area contributed by atoms with Crippen molar-refractivity contribution in [3.63, 3.8) is 0 Å². The fraction of sp³-hybridized carbons (Fsp3) is 0.385. The Balaban J connectivity index is 1.40. The minimum atomic E-state index is -3.54. The van der Waals surface area contributed by atoms with Crippen molar-refractivity contribution in [3.8, 4) is 23.2 Å². The summed E-state index contributed by atoms with van der Waals surface area (Å²) in [6.45, 7) is 9.36. The number of benzene rings is 1. The van der Waals surface area contributed by atoms with Gasteiger partial charge in [-0.15, -0.1) is 0 Å². The fourth-order valence-corrected chi connectivity index (χ4v) is 5.23. The second kappa shape index (κ2) is 10.5. The highest BCUT2D eigenvalue weighted by atomic mass is 32.2. The molecule has 0 saturated carbocycles. The van der Waals surface area contributed by atoms with Gasteiger partial charge in [-0.1, -0.05) is 19.9 Å². The number of piperazine rings is 1. The van der Waals surface area contributed by atoms with Crippen LogP contribution in [0, 0.1) is 17.2 Å². The molecule has 8 nitrogen and oxygen atoms in total. The molecule has 9 heteroatoms.